The summed E-state index contributed by atoms with van der Waals surface area (Å²) < 4.78 is 22.1. The number of likely N-dealkylation sites (N-methyl/N-ethyl adjacent to an activating group) is 1. The van der Waals surface area contributed by atoms with Crippen LogP contribution in [0.2, 0.25) is 0 Å². The molecule has 1 fully saturated rings. The third-order valence-corrected chi connectivity index (χ3v) is 6.94. The molecule has 1 aliphatic heterocycles. The van der Waals surface area contributed by atoms with Crippen LogP contribution in [-0.4, -0.2) is 75.1 Å². The van der Waals surface area contributed by atoms with E-state index in [-0.39, 0.29) is 17.0 Å². The maximum Gasteiger partial charge on any atom is 0.235 e. The van der Waals surface area contributed by atoms with Gasteiger partial charge in [-0.05, 0) is 56.8 Å². The molecule has 1 amide bonds. The molecule has 0 radical (unpaired) electrons. The summed E-state index contributed by atoms with van der Waals surface area (Å²) in [5, 5.41) is 8.83. The predicted molar refractivity (Wildman–Crippen MR) is 132 cm³/mol. The molecule has 1 atom stereocenters. The lowest BCUT2D eigenvalue weighted by Crippen LogP contribution is -2.50. The van der Waals surface area contributed by atoms with Crippen molar-refractivity contribution in [3.8, 4) is 22.8 Å². The Kier molecular flexibility index (Phi) is 7.84. The van der Waals surface area contributed by atoms with Crippen molar-refractivity contribution in [1.29, 1.82) is 0 Å². The maximum absolute atomic E-state index is 14.9. The van der Waals surface area contributed by atoms with Gasteiger partial charge in [0.25, 0.3) is 0 Å². The van der Waals surface area contributed by atoms with Crippen molar-refractivity contribution in [3.05, 3.63) is 54.3 Å². The first-order chi connectivity index (χ1) is 16.5. The quantitative estimate of drug-likeness (QED) is 0.449. The Labute approximate surface area is 203 Å². The minimum absolute atomic E-state index is 0.0615. The molecule has 9 heteroatoms. The minimum Gasteiger partial charge on any atom is -0.494 e. The highest BCUT2D eigenvalue weighted by molar-refractivity contribution is 8.00. The number of halogens is 1. The van der Waals surface area contributed by atoms with Gasteiger partial charge in [0.1, 0.15) is 11.6 Å². The van der Waals surface area contributed by atoms with E-state index in [4.69, 9.17) is 4.74 Å². The number of carbonyl (C=O) groups excluding carboxylic acids is 1. The third kappa shape index (κ3) is 5.26. The number of ether oxygens (including phenoxy) is 1. The number of nitrogens with zero attached hydrogens (tertiary/aromatic N) is 5. The predicted octanol–water partition coefficient (Wildman–Crippen LogP) is 4.12. The number of piperazine rings is 1. The lowest BCUT2D eigenvalue weighted by molar-refractivity contribution is -0.132. The molecule has 1 aromatic heterocycles. The number of carbonyl (C=O) groups is 1. The summed E-state index contributed by atoms with van der Waals surface area (Å²) in [5.74, 6) is 0.935. The molecule has 4 rings (SSSR count). The van der Waals surface area contributed by atoms with Crippen molar-refractivity contribution in [2.45, 2.75) is 31.2 Å². The Morgan fingerprint density at radius 3 is 2.41 bits per heavy atom. The molecular formula is C25H30FN5O2S. The van der Waals surface area contributed by atoms with Crippen molar-refractivity contribution < 1.29 is 13.9 Å². The summed E-state index contributed by atoms with van der Waals surface area (Å²) >= 11 is 1.30. The summed E-state index contributed by atoms with van der Waals surface area (Å²) in [7, 11) is 0. The van der Waals surface area contributed by atoms with Gasteiger partial charge in [0.15, 0.2) is 11.0 Å². The molecule has 0 saturated carbocycles. The molecule has 1 aliphatic rings. The Bertz CT molecular complexity index is 1110. The molecule has 0 unspecified atom stereocenters. The third-order valence-electron chi connectivity index (χ3n) is 5.91. The number of hydrogen-bond donors (Lipinski definition) is 0. The van der Waals surface area contributed by atoms with E-state index in [0.717, 1.165) is 44.0 Å². The average Bonchev–Trinajstić information content (AvgIpc) is 3.27. The zero-order chi connectivity index (χ0) is 24.1. The monoisotopic (exact) mass is 483 g/mol. The van der Waals surface area contributed by atoms with Crippen molar-refractivity contribution >= 4 is 17.7 Å². The first-order valence-electron chi connectivity index (χ1n) is 11.6. The van der Waals surface area contributed by atoms with Gasteiger partial charge in [-0.1, -0.05) is 30.8 Å². The molecule has 7 nitrogen and oxygen atoms in total. The van der Waals surface area contributed by atoms with Crippen LogP contribution in [0.3, 0.4) is 0 Å². The number of para-hydroxylation sites is 1. The van der Waals surface area contributed by atoms with Crippen LogP contribution >= 0.6 is 11.8 Å². The van der Waals surface area contributed by atoms with Crippen LogP contribution in [0.1, 0.15) is 20.8 Å². The second kappa shape index (κ2) is 11.0. The molecule has 3 aromatic rings. The fourth-order valence-electron chi connectivity index (χ4n) is 4.00. The average molecular weight is 484 g/mol. The fraction of sp³-hybridized carbons (Fsp3) is 0.400. The van der Waals surface area contributed by atoms with Crippen LogP contribution in [0, 0.1) is 5.82 Å². The minimum atomic E-state index is -0.383. The fourth-order valence-corrected chi connectivity index (χ4v) is 4.94. The first-order valence-corrected chi connectivity index (χ1v) is 12.5. The second-order valence-corrected chi connectivity index (χ2v) is 9.38. The van der Waals surface area contributed by atoms with Crippen LogP contribution < -0.4 is 4.74 Å². The lowest BCUT2D eigenvalue weighted by atomic mass is 10.2. The van der Waals surface area contributed by atoms with Gasteiger partial charge in [-0.25, -0.2) is 4.39 Å². The van der Waals surface area contributed by atoms with Crippen LogP contribution in [0.4, 0.5) is 4.39 Å². The van der Waals surface area contributed by atoms with Gasteiger partial charge in [0.2, 0.25) is 5.91 Å². The summed E-state index contributed by atoms with van der Waals surface area (Å²) in [4.78, 5) is 17.4. The number of benzene rings is 2. The van der Waals surface area contributed by atoms with Gasteiger partial charge in [0, 0.05) is 31.7 Å². The smallest absolute Gasteiger partial charge is 0.235 e. The van der Waals surface area contributed by atoms with Gasteiger partial charge in [-0.3, -0.25) is 9.36 Å². The number of rotatable bonds is 8. The maximum atomic E-state index is 14.9. The van der Waals surface area contributed by atoms with Crippen LogP contribution in [0.5, 0.6) is 5.75 Å². The lowest BCUT2D eigenvalue weighted by Gasteiger charge is -2.35. The summed E-state index contributed by atoms with van der Waals surface area (Å²) in [6.45, 7) is 10.7. The molecule has 34 heavy (non-hydrogen) atoms. The van der Waals surface area contributed by atoms with E-state index in [2.05, 4.69) is 22.0 Å². The number of hydrogen-bond acceptors (Lipinski definition) is 6. The Morgan fingerprint density at radius 1 is 1.06 bits per heavy atom. The normalized spacial score (nSPS) is 15.4. The zero-order valence-corrected chi connectivity index (χ0v) is 20.6. The van der Waals surface area contributed by atoms with Crippen molar-refractivity contribution in [3.63, 3.8) is 0 Å². The van der Waals surface area contributed by atoms with E-state index in [1.54, 1.807) is 22.8 Å². The highest BCUT2D eigenvalue weighted by Gasteiger charge is 2.28. The van der Waals surface area contributed by atoms with Crippen LogP contribution in [-0.2, 0) is 4.79 Å². The largest absolute Gasteiger partial charge is 0.494 e. The van der Waals surface area contributed by atoms with Crippen LogP contribution in [0.25, 0.3) is 17.1 Å². The second-order valence-electron chi connectivity index (χ2n) is 8.07. The zero-order valence-electron chi connectivity index (χ0n) is 19.8. The molecule has 0 N–H and O–H groups in total. The highest BCUT2D eigenvalue weighted by Crippen LogP contribution is 2.32. The molecule has 180 valence electrons. The van der Waals surface area contributed by atoms with Crippen LogP contribution in [0.15, 0.2) is 53.7 Å². The molecule has 2 heterocycles. The van der Waals surface area contributed by atoms with Crippen molar-refractivity contribution in [2.24, 2.45) is 0 Å². The van der Waals surface area contributed by atoms with Gasteiger partial charge < -0.3 is 14.5 Å². The van der Waals surface area contributed by atoms with Gasteiger partial charge in [-0.15, -0.1) is 10.2 Å². The van der Waals surface area contributed by atoms with Crippen molar-refractivity contribution in [2.75, 3.05) is 39.3 Å². The Balaban J connectivity index is 1.62. The Hall–Kier alpha value is -2.91. The van der Waals surface area contributed by atoms with Gasteiger partial charge in [-0.2, -0.15) is 0 Å². The van der Waals surface area contributed by atoms with E-state index < -0.39 is 0 Å². The van der Waals surface area contributed by atoms with E-state index in [0.29, 0.717) is 23.3 Å². The molecule has 0 spiro atoms. The SMILES string of the molecule is CCOc1ccc(-c2nnc(S[C@@H](C)C(=O)N3CCN(CC)CC3)n2-c2ccccc2F)cc1. The number of aromatic nitrogens is 3. The molecule has 1 saturated heterocycles. The van der Waals surface area contributed by atoms with Gasteiger partial charge in [0.05, 0.1) is 17.5 Å². The topological polar surface area (TPSA) is 63.5 Å². The molecule has 0 bridgehead atoms. The molecule has 0 aliphatic carbocycles. The van der Waals surface area contributed by atoms with E-state index in [9.17, 15) is 9.18 Å². The van der Waals surface area contributed by atoms with E-state index >= 15 is 0 Å². The van der Waals surface area contributed by atoms with Gasteiger partial charge >= 0.3 is 0 Å². The number of thioether (sulfide) groups is 1. The van der Waals surface area contributed by atoms with E-state index in [1.165, 1.54) is 17.8 Å². The molecule has 2 aromatic carbocycles. The molecular weight excluding hydrogens is 453 g/mol. The highest BCUT2D eigenvalue weighted by atomic mass is 32.2. The summed E-state index contributed by atoms with van der Waals surface area (Å²) in [6, 6.07) is 14.0. The number of amides is 1. The summed E-state index contributed by atoms with van der Waals surface area (Å²) in [5.41, 5.74) is 1.12. The standard InChI is InChI=1S/C25H30FN5O2S/c1-4-29-14-16-30(17-15-29)24(32)18(3)34-25-28-27-23(19-10-12-20(13-11-19)33-5-2)31(25)22-9-7-6-8-21(22)26/h6-13,18H,4-5,14-17H2,1-3H3/t18-/m0/s1. The van der Waals surface area contributed by atoms with Crippen molar-refractivity contribution in [1.82, 2.24) is 24.6 Å². The van der Waals surface area contributed by atoms with E-state index in [1.807, 2.05) is 43.0 Å². The summed E-state index contributed by atoms with van der Waals surface area (Å²) in [6.07, 6.45) is 0. The Morgan fingerprint density at radius 2 is 1.76 bits per heavy atom. The first kappa shape index (κ1) is 24.2.